The van der Waals surface area contributed by atoms with Crippen LogP contribution in [-0.4, -0.2) is 18.0 Å². The third kappa shape index (κ3) is 3.06. The molecule has 2 aromatic rings. The van der Waals surface area contributed by atoms with E-state index in [1.165, 1.54) is 0 Å². The lowest BCUT2D eigenvalue weighted by molar-refractivity contribution is 0.0945. The molecule has 0 saturated heterocycles. The first-order valence-corrected chi connectivity index (χ1v) is 6.24. The van der Waals surface area contributed by atoms with Crippen molar-refractivity contribution in [3.8, 4) is 5.75 Å². The van der Waals surface area contributed by atoms with Crippen LogP contribution in [0.5, 0.6) is 5.75 Å². The molecular weight excluding hydrogens is 254 g/mol. The van der Waals surface area contributed by atoms with Crippen LogP contribution in [0.2, 0.25) is 0 Å². The highest BCUT2D eigenvalue weighted by molar-refractivity contribution is 5.93. The number of anilines is 1. The van der Waals surface area contributed by atoms with Crippen molar-refractivity contribution < 1.29 is 9.53 Å². The smallest absolute Gasteiger partial charge is 0.270 e. The molecule has 0 radical (unpaired) electrons. The second-order valence-electron chi connectivity index (χ2n) is 4.42. The Balaban J connectivity index is 2.11. The maximum atomic E-state index is 12.1. The predicted octanol–water partition coefficient (Wildman–Crippen LogP) is 1.91. The molecular formula is C15H17N3O2. The predicted molar refractivity (Wildman–Crippen MR) is 77.6 cm³/mol. The van der Waals surface area contributed by atoms with Crippen molar-refractivity contribution in [1.29, 1.82) is 0 Å². The van der Waals surface area contributed by atoms with Gasteiger partial charge in [0, 0.05) is 24.0 Å². The average molecular weight is 271 g/mol. The van der Waals surface area contributed by atoms with E-state index in [1.807, 2.05) is 13.0 Å². The summed E-state index contributed by atoms with van der Waals surface area (Å²) in [7, 11) is 1.58. The largest absolute Gasteiger partial charge is 0.496 e. The number of aryl methyl sites for hydroxylation is 1. The minimum atomic E-state index is -0.215. The summed E-state index contributed by atoms with van der Waals surface area (Å²) in [6, 6.07) is 8.97. The van der Waals surface area contributed by atoms with Crippen LogP contribution < -0.4 is 15.8 Å². The fraction of sp³-hybridized carbons (Fsp3) is 0.200. The number of benzene rings is 1. The van der Waals surface area contributed by atoms with Crippen molar-refractivity contribution >= 4 is 11.6 Å². The summed E-state index contributed by atoms with van der Waals surface area (Å²) < 4.78 is 5.24. The highest BCUT2D eigenvalue weighted by atomic mass is 16.5. The van der Waals surface area contributed by atoms with Gasteiger partial charge in [0.15, 0.2) is 0 Å². The zero-order chi connectivity index (χ0) is 14.5. The van der Waals surface area contributed by atoms with E-state index in [0.29, 0.717) is 23.7 Å². The molecule has 104 valence electrons. The Morgan fingerprint density at radius 2 is 2.20 bits per heavy atom. The Labute approximate surface area is 117 Å². The number of nitrogen functional groups attached to an aromatic ring is 1. The van der Waals surface area contributed by atoms with E-state index in [9.17, 15) is 4.79 Å². The number of nitrogens with zero attached hydrogens (tertiary/aromatic N) is 1. The third-order valence-electron chi connectivity index (χ3n) is 2.97. The third-order valence-corrected chi connectivity index (χ3v) is 2.97. The minimum Gasteiger partial charge on any atom is -0.496 e. The molecule has 0 saturated carbocycles. The maximum absolute atomic E-state index is 12.1. The van der Waals surface area contributed by atoms with Gasteiger partial charge in [-0.3, -0.25) is 9.78 Å². The van der Waals surface area contributed by atoms with Crippen LogP contribution in [0.15, 0.2) is 36.5 Å². The van der Waals surface area contributed by atoms with Gasteiger partial charge in [0.25, 0.3) is 5.91 Å². The van der Waals surface area contributed by atoms with Crippen LogP contribution >= 0.6 is 0 Å². The van der Waals surface area contributed by atoms with Gasteiger partial charge in [0.05, 0.1) is 7.11 Å². The van der Waals surface area contributed by atoms with E-state index in [2.05, 4.69) is 10.3 Å². The molecule has 1 aromatic carbocycles. The van der Waals surface area contributed by atoms with Crippen LogP contribution in [-0.2, 0) is 6.54 Å². The number of methoxy groups -OCH3 is 1. The van der Waals surface area contributed by atoms with E-state index in [4.69, 9.17) is 10.5 Å². The summed E-state index contributed by atoms with van der Waals surface area (Å²) in [6.07, 6.45) is 1.60. The molecule has 0 unspecified atom stereocenters. The lowest BCUT2D eigenvalue weighted by atomic mass is 10.1. The first kappa shape index (κ1) is 13.9. The van der Waals surface area contributed by atoms with E-state index in [-0.39, 0.29) is 5.91 Å². The molecule has 2 rings (SSSR count). The van der Waals surface area contributed by atoms with Gasteiger partial charge in [-0.2, -0.15) is 0 Å². The van der Waals surface area contributed by atoms with Crippen molar-refractivity contribution in [3.05, 3.63) is 53.3 Å². The van der Waals surface area contributed by atoms with Crippen LogP contribution in [0.25, 0.3) is 0 Å². The first-order valence-electron chi connectivity index (χ1n) is 6.24. The quantitative estimate of drug-likeness (QED) is 0.833. The Hall–Kier alpha value is -2.56. The summed E-state index contributed by atoms with van der Waals surface area (Å²) >= 11 is 0. The lowest BCUT2D eigenvalue weighted by Gasteiger charge is -2.11. The zero-order valence-corrected chi connectivity index (χ0v) is 11.5. The number of nitrogens with one attached hydrogen (secondary N) is 1. The van der Waals surface area contributed by atoms with Gasteiger partial charge < -0.3 is 15.8 Å². The van der Waals surface area contributed by atoms with E-state index < -0.39 is 0 Å². The number of hydrogen-bond donors (Lipinski definition) is 2. The number of nitrogens with two attached hydrogens (primary N) is 1. The molecule has 0 bridgehead atoms. The van der Waals surface area contributed by atoms with Crippen molar-refractivity contribution in [2.75, 3.05) is 12.8 Å². The van der Waals surface area contributed by atoms with Gasteiger partial charge in [-0.1, -0.05) is 6.07 Å². The second kappa shape index (κ2) is 6.06. The van der Waals surface area contributed by atoms with E-state index in [1.54, 1.807) is 37.6 Å². The van der Waals surface area contributed by atoms with Crippen LogP contribution in [0.3, 0.4) is 0 Å². The number of hydrogen-bond acceptors (Lipinski definition) is 4. The molecule has 0 spiro atoms. The highest BCUT2D eigenvalue weighted by Crippen LogP contribution is 2.20. The number of pyridine rings is 1. The molecule has 0 aliphatic carbocycles. The molecule has 0 fully saturated rings. The monoisotopic (exact) mass is 271 g/mol. The summed E-state index contributed by atoms with van der Waals surface area (Å²) in [5, 5.41) is 2.82. The van der Waals surface area contributed by atoms with Gasteiger partial charge >= 0.3 is 0 Å². The number of amides is 1. The van der Waals surface area contributed by atoms with Gasteiger partial charge in [0.2, 0.25) is 0 Å². The Kier molecular flexibility index (Phi) is 4.20. The Bertz CT molecular complexity index is 626. The zero-order valence-electron chi connectivity index (χ0n) is 11.5. The molecule has 1 aromatic heterocycles. The summed E-state index contributed by atoms with van der Waals surface area (Å²) in [5.74, 6) is 0.477. The van der Waals surface area contributed by atoms with Crippen LogP contribution in [0.4, 0.5) is 5.69 Å². The number of carbonyl (C=O) groups is 1. The van der Waals surface area contributed by atoms with Crippen molar-refractivity contribution in [2.24, 2.45) is 0 Å². The van der Waals surface area contributed by atoms with E-state index in [0.717, 1.165) is 11.1 Å². The number of rotatable bonds is 4. The molecule has 0 aliphatic rings. The van der Waals surface area contributed by atoms with Gasteiger partial charge in [-0.25, -0.2) is 0 Å². The Morgan fingerprint density at radius 1 is 1.40 bits per heavy atom. The second-order valence-corrected chi connectivity index (χ2v) is 4.42. The lowest BCUT2D eigenvalue weighted by Crippen LogP contribution is -2.25. The summed E-state index contributed by atoms with van der Waals surface area (Å²) in [6.45, 7) is 2.19. The molecule has 0 aliphatic heterocycles. The maximum Gasteiger partial charge on any atom is 0.270 e. The number of aromatic nitrogens is 1. The molecule has 3 N–H and O–H groups in total. The molecule has 5 nitrogen and oxygen atoms in total. The van der Waals surface area contributed by atoms with Crippen molar-refractivity contribution in [3.63, 3.8) is 0 Å². The van der Waals surface area contributed by atoms with Gasteiger partial charge in [-0.15, -0.1) is 0 Å². The minimum absolute atomic E-state index is 0.215. The topological polar surface area (TPSA) is 77.2 Å². The molecule has 20 heavy (non-hydrogen) atoms. The SMILES string of the molecule is COc1ccc(N)cc1CNC(=O)c1ncccc1C. The van der Waals surface area contributed by atoms with E-state index >= 15 is 0 Å². The van der Waals surface area contributed by atoms with Crippen molar-refractivity contribution in [1.82, 2.24) is 10.3 Å². The summed E-state index contributed by atoms with van der Waals surface area (Å²) in [4.78, 5) is 16.2. The number of carbonyl (C=O) groups excluding carboxylic acids is 1. The van der Waals surface area contributed by atoms with Crippen LogP contribution in [0, 0.1) is 6.92 Å². The fourth-order valence-corrected chi connectivity index (χ4v) is 1.92. The Morgan fingerprint density at radius 3 is 2.90 bits per heavy atom. The first-order chi connectivity index (χ1) is 9.61. The molecule has 0 atom stereocenters. The summed E-state index contributed by atoms with van der Waals surface area (Å²) in [5.41, 5.74) is 8.46. The molecule has 1 amide bonds. The normalized spacial score (nSPS) is 10.1. The number of ether oxygens (including phenoxy) is 1. The average Bonchev–Trinajstić information content (AvgIpc) is 2.45. The molecule has 5 heteroatoms. The van der Waals surface area contributed by atoms with Gasteiger partial charge in [-0.05, 0) is 36.8 Å². The highest BCUT2D eigenvalue weighted by Gasteiger charge is 2.11. The van der Waals surface area contributed by atoms with Crippen molar-refractivity contribution in [2.45, 2.75) is 13.5 Å². The van der Waals surface area contributed by atoms with Gasteiger partial charge in [0.1, 0.15) is 11.4 Å². The molecule has 1 heterocycles. The van der Waals surface area contributed by atoms with Crippen LogP contribution in [0.1, 0.15) is 21.6 Å². The fourth-order valence-electron chi connectivity index (χ4n) is 1.92. The standard InChI is InChI=1S/C15H17N3O2/c1-10-4-3-7-17-14(10)15(19)18-9-11-8-12(16)5-6-13(11)20-2/h3-8H,9,16H2,1-2H3,(H,18,19).